The Morgan fingerprint density at radius 1 is 1.36 bits per heavy atom. The summed E-state index contributed by atoms with van der Waals surface area (Å²) in [6.07, 6.45) is 0. The van der Waals surface area contributed by atoms with Crippen LogP contribution in [0.1, 0.15) is 17.4 Å². The van der Waals surface area contributed by atoms with Crippen LogP contribution in [0.25, 0.3) is 22.6 Å². The summed E-state index contributed by atoms with van der Waals surface area (Å²) < 4.78 is 1.41. The third kappa shape index (κ3) is 2.15. The minimum atomic E-state index is -0.745. The maximum Gasteiger partial charge on any atom is 0.327 e. The van der Waals surface area contributed by atoms with Gasteiger partial charge in [-0.3, -0.25) is 9.36 Å². The second-order valence-electron chi connectivity index (χ2n) is 4.61. The molecular weight excluding hydrogens is 306 g/mol. The zero-order valence-corrected chi connectivity index (χ0v) is 12.4. The molecule has 7 nitrogen and oxygen atoms in total. The Morgan fingerprint density at radius 2 is 2.09 bits per heavy atom. The molecule has 2 aromatic heterocycles. The fraction of sp³-hybridized carbons (Fsp3) is 0.143. The van der Waals surface area contributed by atoms with Gasteiger partial charge in [-0.25, -0.2) is 14.8 Å². The molecule has 1 aromatic carbocycles. The number of benzene rings is 1. The maximum atomic E-state index is 11.9. The molecule has 1 amide bonds. The van der Waals surface area contributed by atoms with Crippen LogP contribution in [0.15, 0.2) is 29.1 Å². The zero-order chi connectivity index (χ0) is 15.9. The first-order valence-corrected chi connectivity index (χ1v) is 6.96. The molecule has 0 bridgehead atoms. The standard InChI is InChI=1S/C14H12ClN5O2/c1-2-20-13-10(18-14(20)22)9(11(16)21)17-12(19-13)7-5-3-4-6-8(7)15/h3-6H,2H2,1H3,(H2,16,21)(H,18,22). The van der Waals surface area contributed by atoms with Gasteiger partial charge in [0.2, 0.25) is 0 Å². The molecule has 8 heteroatoms. The third-order valence-electron chi connectivity index (χ3n) is 3.29. The molecular formula is C14H12ClN5O2. The van der Waals surface area contributed by atoms with Crippen LogP contribution in [0.3, 0.4) is 0 Å². The lowest BCUT2D eigenvalue weighted by Gasteiger charge is -2.06. The fourth-order valence-electron chi connectivity index (χ4n) is 2.26. The van der Waals surface area contributed by atoms with E-state index in [2.05, 4.69) is 15.0 Å². The van der Waals surface area contributed by atoms with Gasteiger partial charge in [-0.05, 0) is 19.1 Å². The number of imidazole rings is 1. The van der Waals surface area contributed by atoms with E-state index in [9.17, 15) is 9.59 Å². The maximum absolute atomic E-state index is 11.9. The highest BCUT2D eigenvalue weighted by molar-refractivity contribution is 6.33. The number of nitrogens with two attached hydrogens (primary N) is 1. The SMILES string of the molecule is CCn1c(=O)[nH]c2c(C(N)=O)nc(-c3ccccc3Cl)nc21. The molecule has 3 aromatic rings. The van der Waals surface area contributed by atoms with E-state index < -0.39 is 5.91 Å². The number of hydrogen-bond donors (Lipinski definition) is 2. The van der Waals surface area contributed by atoms with E-state index in [4.69, 9.17) is 17.3 Å². The smallest absolute Gasteiger partial charge is 0.327 e. The van der Waals surface area contributed by atoms with Crippen LogP contribution in [0.5, 0.6) is 0 Å². The van der Waals surface area contributed by atoms with Crippen LogP contribution in [-0.4, -0.2) is 25.4 Å². The highest BCUT2D eigenvalue weighted by Gasteiger charge is 2.19. The molecule has 0 radical (unpaired) electrons. The van der Waals surface area contributed by atoms with E-state index in [-0.39, 0.29) is 22.7 Å². The number of aromatic amines is 1. The van der Waals surface area contributed by atoms with Crippen LogP contribution in [0.2, 0.25) is 5.02 Å². The van der Waals surface area contributed by atoms with E-state index in [1.54, 1.807) is 31.2 Å². The lowest BCUT2D eigenvalue weighted by molar-refractivity contribution is 0.0997. The summed E-state index contributed by atoms with van der Waals surface area (Å²) >= 11 is 6.15. The van der Waals surface area contributed by atoms with Crippen molar-refractivity contribution in [3.05, 3.63) is 45.5 Å². The van der Waals surface area contributed by atoms with Crippen molar-refractivity contribution in [2.45, 2.75) is 13.5 Å². The first kappa shape index (κ1) is 14.3. The van der Waals surface area contributed by atoms with Crippen LogP contribution >= 0.6 is 11.6 Å². The minimum absolute atomic E-state index is 0.0378. The summed E-state index contributed by atoms with van der Waals surface area (Å²) in [5.41, 5.74) is 6.08. The molecule has 0 saturated carbocycles. The minimum Gasteiger partial charge on any atom is -0.364 e. The van der Waals surface area contributed by atoms with Crippen molar-refractivity contribution in [1.82, 2.24) is 19.5 Å². The lowest BCUT2D eigenvalue weighted by Crippen LogP contribution is -2.15. The van der Waals surface area contributed by atoms with Gasteiger partial charge in [0.15, 0.2) is 17.2 Å². The average Bonchev–Trinajstić information content (AvgIpc) is 2.81. The number of hydrogen-bond acceptors (Lipinski definition) is 4. The van der Waals surface area contributed by atoms with Gasteiger partial charge in [-0.2, -0.15) is 0 Å². The van der Waals surface area contributed by atoms with Gasteiger partial charge in [0, 0.05) is 12.1 Å². The Hall–Kier alpha value is -2.67. The Labute approximate surface area is 129 Å². The zero-order valence-electron chi connectivity index (χ0n) is 11.6. The number of halogens is 1. The van der Waals surface area contributed by atoms with Gasteiger partial charge in [0.05, 0.1) is 5.02 Å². The molecule has 0 aliphatic rings. The van der Waals surface area contributed by atoms with E-state index in [1.807, 2.05) is 0 Å². The highest BCUT2D eigenvalue weighted by atomic mass is 35.5. The van der Waals surface area contributed by atoms with Crippen molar-refractivity contribution in [2.75, 3.05) is 0 Å². The van der Waals surface area contributed by atoms with Gasteiger partial charge in [0.25, 0.3) is 5.91 Å². The van der Waals surface area contributed by atoms with E-state index in [1.165, 1.54) is 4.57 Å². The molecule has 0 unspecified atom stereocenters. The van der Waals surface area contributed by atoms with Crippen molar-refractivity contribution in [3.8, 4) is 11.4 Å². The molecule has 0 aliphatic heterocycles. The topological polar surface area (TPSA) is 107 Å². The van der Waals surface area contributed by atoms with Crippen LogP contribution in [-0.2, 0) is 6.54 Å². The van der Waals surface area contributed by atoms with Gasteiger partial charge >= 0.3 is 5.69 Å². The monoisotopic (exact) mass is 317 g/mol. The van der Waals surface area contributed by atoms with Crippen molar-refractivity contribution in [2.24, 2.45) is 5.73 Å². The van der Waals surface area contributed by atoms with Crippen molar-refractivity contribution < 1.29 is 4.79 Å². The number of amides is 1. The molecule has 0 saturated heterocycles. The quantitative estimate of drug-likeness (QED) is 0.764. The van der Waals surface area contributed by atoms with Crippen LogP contribution < -0.4 is 11.4 Å². The summed E-state index contributed by atoms with van der Waals surface area (Å²) in [6.45, 7) is 2.20. The number of carbonyl (C=O) groups excluding carboxylic acids is 1. The molecule has 0 aliphatic carbocycles. The Morgan fingerprint density at radius 3 is 2.73 bits per heavy atom. The van der Waals surface area contributed by atoms with Crippen molar-refractivity contribution in [3.63, 3.8) is 0 Å². The predicted octanol–water partition coefficient (Wildman–Crippen LogP) is 1.56. The Bertz CT molecular complexity index is 944. The van der Waals surface area contributed by atoms with Gasteiger partial charge in [-0.1, -0.05) is 23.7 Å². The highest BCUT2D eigenvalue weighted by Crippen LogP contribution is 2.26. The number of carbonyl (C=O) groups is 1. The summed E-state index contributed by atoms with van der Waals surface area (Å²) in [5, 5.41) is 0.443. The van der Waals surface area contributed by atoms with E-state index in [0.717, 1.165) is 0 Å². The second kappa shape index (κ2) is 5.27. The molecule has 0 fully saturated rings. The van der Waals surface area contributed by atoms with Crippen molar-refractivity contribution >= 4 is 28.7 Å². The van der Waals surface area contributed by atoms with Crippen LogP contribution in [0, 0.1) is 0 Å². The first-order chi connectivity index (χ1) is 10.5. The Balaban J connectivity index is 2.41. The molecule has 3 rings (SSSR count). The summed E-state index contributed by atoms with van der Waals surface area (Å²) in [4.78, 5) is 34.7. The summed E-state index contributed by atoms with van der Waals surface area (Å²) in [6, 6.07) is 6.98. The van der Waals surface area contributed by atoms with E-state index >= 15 is 0 Å². The molecule has 3 N–H and O–H groups in total. The number of aromatic nitrogens is 4. The molecule has 2 heterocycles. The lowest BCUT2D eigenvalue weighted by atomic mass is 10.2. The second-order valence-corrected chi connectivity index (χ2v) is 5.02. The number of aryl methyl sites for hydroxylation is 1. The van der Waals surface area contributed by atoms with Crippen molar-refractivity contribution in [1.29, 1.82) is 0 Å². The largest absolute Gasteiger partial charge is 0.364 e. The number of rotatable bonds is 3. The molecule has 22 heavy (non-hydrogen) atoms. The Kier molecular flexibility index (Phi) is 3.42. The molecule has 0 spiro atoms. The van der Waals surface area contributed by atoms with E-state index in [0.29, 0.717) is 22.8 Å². The molecule has 112 valence electrons. The predicted molar refractivity (Wildman–Crippen MR) is 82.8 cm³/mol. The number of fused-ring (bicyclic) bond motifs is 1. The van der Waals surface area contributed by atoms with Gasteiger partial charge in [-0.15, -0.1) is 0 Å². The van der Waals surface area contributed by atoms with Gasteiger partial charge in [0.1, 0.15) is 5.52 Å². The van der Waals surface area contributed by atoms with Crippen LogP contribution in [0.4, 0.5) is 0 Å². The number of H-pyrrole nitrogens is 1. The normalized spacial score (nSPS) is 11.0. The fourth-order valence-corrected chi connectivity index (χ4v) is 2.48. The average molecular weight is 318 g/mol. The number of nitrogens with zero attached hydrogens (tertiary/aromatic N) is 3. The molecule has 0 atom stereocenters. The first-order valence-electron chi connectivity index (χ1n) is 6.58. The summed E-state index contributed by atoms with van der Waals surface area (Å²) in [5.74, 6) is -0.502. The van der Waals surface area contributed by atoms with Gasteiger partial charge < -0.3 is 10.7 Å². The summed E-state index contributed by atoms with van der Waals surface area (Å²) in [7, 11) is 0. The third-order valence-corrected chi connectivity index (χ3v) is 3.62. The number of primary amides is 1. The number of nitrogens with one attached hydrogen (secondary N) is 1.